The van der Waals surface area contributed by atoms with E-state index in [0.29, 0.717) is 0 Å². The summed E-state index contributed by atoms with van der Waals surface area (Å²) in [6.07, 6.45) is 1.99. The van der Waals surface area contributed by atoms with Gasteiger partial charge in [0.05, 0.1) is 0 Å². The van der Waals surface area contributed by atoms with Gasteiger partial charge in [0, 0.05) is 19.1 Å². The van der Waals surface area contributed by atoms with E-state index in [1.807, 2.05) is 12.1 Å². The molecule has 0 bridgehead atoms. The van der Waals surface area contributed by atoms with E-state index in [9.17, 15) is 0 Å². The fraction of sp³-hybridized carbons (Fsp3) is 0.647. The molecule has 0 aliphatic heterocycles. The summed E-state index contributed by atoms with van der Waals surface area (Å²) in [6, 6.07) is 8.36. The molecule has 3 nitrogen and oxygen atoms in total. The highest BCUT2D eigenvalue weighted by atomic mass is 16.5. The average Bonchev–Trinajstić information content (AvgIpc) is 2.38. The van der Waals surface area contributed by atoms with Crippen LogP contribution in [0, 0.1) is 0 Å². The van der Waals surface area contributed by atoms with Gasteiger partial charge in [-0.3, -0.25) is 0 Å². The maximum Gasteiger partial charge on any atom is 0.128 e. The molecule has 1 fully saturated rings. The third-order valence-corrected chi connectivity index (χ3v) is 3.78. The summed E-state index contributed by atoms with van der Waals surface area (Å²) in [5.74, 6) is 0.960. The monoisotopic (exact) mass is 277 g/mol. The molecule has 2 N–H and O–H groups in total. The number of rotatable bonds is 5. The molecule has 3 heteroatoms. The molecule has 112 valence electrons. The molecule has 0 saturated heterocycles. The van der Waals surface area contributed by atoms with Crippen molar-refractivity contribution in [1.82, 2.24) is 0 Å². The molecule has 0 radical (unpaired) electrons. The van der Waals surface area contributed by atoms with Gasteiger partial charge in [0.2, 0.25) is 0 Å². The summed E-state index contributed by atoms with van der Waals surface area (Å²) < 4.78 is 12.0. The van der Waals surface area contributed by atoms with E-state index in [4.69, 9.17) is 15.2 Å². The zero-order valence-electron chi connectivity index (χ0n) is 13.1. The number of nitrogens with two attached hydrogens (primary N) is 1. The topological polar surface area (TPSA) is 44.5 Å². The molecule has 3 atom stereocenters. The van der Waals surface area contributed by atoms with Crippen molar-refractivity contribution in [2.24, 2.45) is 5.73 Å². The van der Waals surface area contributed by atoms with Crippen molar-refractivity contribution in [3.05, 3.63) is 29.8 Å². The third-order valence-electron chi connectivity index (χ3n) is 3.78. The Balaban J connectivity index is 2.07. The molecule has 2 rings (SSSR count). The number of hydrogen-bond acceptors (Lipinski definition) is 3. The first-order valence-electron chi connectivity index (χ1n) is 7.57. The lowest BCUT2D eigenvalue weighted by Crippen LogP contribution is -2.59. The maximum absolute atomic E-state index is 6.18. The molecular weight excluding hydrogens is 250 g/mol. The molecule has 20 heavy (non-hydrogen) atoms. The summed E-state index contributed by atoms with van der Waals surface area (Å²) in [5, 5.41) is 0. The highest BCUT2D eigenvalue weighted by Gasteiger charge is 2.42. The van der Waals surface area contributed by atoms with E-state index in [0.717, 1.165) is 25.2 Å². The van der Waals surface area contributed by atoms with Crippen LogP contribution in [-0.4, -0.2) is 24.9 Å². The number of para-hydroxylation sites is 1. The van der Waals surface area contributed by atoms with Gasteiger partial charge in [-0.1, -0.05) is 45.9 Å². The largest absolute Gasteiger partial charge is 0.487 e. The predicted molar refractivity (Wildman–Crippen MR) is 82.2 cm³/mol. The Kier molecular flexibility index (Phi) is 4.71. The van der Waals surface area contributed by atoms with Crippen molar-refractivity contribution < 1.29 is 9.47 Å². The smallest absolute Gasteiger partial charge is 0.128 e. The van der Waals surface area contributed by atoms with Crippen molar-refractivity contribution in [2.45, 2.75) is 64.2 Å². The van der Waals surface area contributed by atoms with Crippen molar-refractivity contribution in [3.63, 3.8) is 0 Å². The van der Waals surface area contributed by atoms with Crippen LogP contribution in [0.3, 0.4) is 0 Å². The number of hydrogen-bond donors (Lipinski definition) is 1. The van der Waals surface area contributed by atoms with Gasteiger partial charge in [0.15, 0.2) is 0 Å². The minimum atomic E-state index is 0.0305. The zero-order chi connectivity index (χ0) is 14.8. The SMILES string of the molecule is CCCOC1C(N)CC1Oc1ccccc1C(C)(C)C. The molecule has 1 saturated carbocycles. The fourth-order valence-electron chi connectivity index (χ4n) is 2.57. The van der Waals surface area contributed by atoms with Crippen LogP contribution >= 0.6 is 0 Å². The summed E-state index contributed by atoms with van der Waals surface area (Å²) in [4.78, 5) is 0. The minimum absolute atomic E-state index is 0.0305. The average molecular weight is 277 g/mol. The molecule has 1 aromatic carbocycles. The Hall–Kier alpha value is -1.06. The molecule has 0 heterocycles. The van der Waals surface area contributed by atoms with E-state index >= 15 is 0 Å². The first-order valence-corrected chi connectivity index (χ1v) is 7.57. The van der Waals surface area contributed by atoms with Gasteiger partial charge in [-0.25, -0.2) is 0 Å². The van der Waals surface area contributed by atoms with E-state index in [1.54, 1.807) is 0 Å². The minimum Gasteiger partial charge on any atom is -0.487 e. The van der Waals surface area contributed by atoms with Gasteiger partial charge in [-0.15, -0.1) is 0 Å². The van der Waals surface area contributed by atoms with Gasteiger partial charge >= 0.3 is 0 Å². The van der Waals surface area contributed by atoms with Crippen LogP contribution in [0.1, 0.15) is 46.1 Å². The van der Waals surface area contributed by atoms with E-state index < -0.39 is 0 Å². The molecule has 3 unspecified atom stereocenters. The summed E-state index contributed by atoms with van der Waals surface area (Å²) >= 11 is 0. The second kappa shape index (κ2) is 6.15. The highest BCUT2D eigenvalue weighted by molar-refractivity contribution is 5.38. The van der Waals surface area contributed by atoms with Crippen molar-refractivity contribution in [2.75, 3.05) is 6.61 Å². The Morgan fingerprint density at radius 1 is 1.25 bits per heavy atom. The zero-order valence-corrected chi connectivity index (χ0v) is 13.1. The first kappa shape index (κ1) is 15.3. The molecule has 1 aliphatic carbocycles. The molecule has 1 aliphatic rings. The van der Waals surface area contributed by atoms with Gasteiger partial charge in [-0.2, -0.15) is 0 Å². The van der Waals surface area contributed by atoms with Gasteiger partial charge in [-0.05, 0) is 23.5 Å². The Morgan fingerprint density at radius 3 is 2.55 bits per heavy atom. The Morgan fingerprint density at radius 2 is 1.95 bits per heavy atom. The second-order valence-corrected chi connectivity index (χ2v) is 6.64. The van der Waals surface area contributed by atoms with Crippen LogP contribution in [0.4, 0.5) is 0 Å². The highest BCUT2D eigenvalue weighted by Crippen LogP contribution is 2.35. The van der Waals surface area contributed by atoms with Crippen LogP contribution in [0.2, 0.25) is 0 Å². The predicted octanol–water partition coefficient (Wildman–Crippen LogP) is 3.26. The van der Waals surface area contributed by atoms with Crippen LogP contribution in [0.15, 0.2) is 24.3 Å². The van der Waals surface area contributed by atoms with Crippen LogP contribution < -0.4 is 10.5 Å². The number of benzene rings is 1. The normalized spacial score (nSPS) is 26.1. The third kappa shape index (κ3) is 3.33. The van der Waals surface area contributed by atoms with Crippen LogP contribution in [-0.2, 0) is 10.2 Å². The molecule has 1 aromatic rings. The van der Waals surface area contributed by atoms with E-state index in [2.05, 4.69) is 39.8 Å². The standard InChI is InChI=1S/C17H27NO2/c1-5-10-19-16-13(18)11-15(16)20-14-9-7-6-8-12(14)17(2,3)4/h6-9,13,15-16H,5,10-11,18H2,1-4H3. The van der Waals surface area contributed by atoms with Gasteiger partial charge in [0.1, 0.15) is 18.0 Å². The molecular formula is C17H27NO2. The Bertz CT molecular complexity index is 439. The Labute approximate surface area is 122 Å². The lowest BCUT2D eigenvalue weighted by molar-refractivity contribution is -0.0984. The van der Waals surface area contributed by atoms with Crippen LogP contribution in [0.5, 0.6) is 5.75 Å². The number of ether oxygens (including phenoxy) is 2. The van der Waals surface area contributed by atoms with E-state index in [-0.39, 0.29) is 23.7 Å². The molecule has 0 amide bonds. The van der Waals surface area contributed by atoms with Crippen molar-refractivity contribution in [1.29, 1.82) is 0 Å². The van der Waals surface area contributed by atoms with Gasteiger partial charge in [0.25, 0.3) is 0 Å². The fourth-order valence-corrected chi connectivity index (χ4v) is 2.57. The summed E-state index contributed by atoms with van der Waals surface area (Å²) in [5.41, 5.74) is 7.33. The lowest BCUT2D eigenvalue weighted by atomic mass is 9.84. The quantitative estimate of drug-likeness (QED) is 0.898. The lowest BCUT2D eigenvalue weighted by Gasteiger charge is -2.42. The maximum atomic E-state index is 6.18. The van der Waals surface area contributed by atoms with Crippen LogP contribution in [0.25, 0.3) is 0 Å². The second-order valence-electron chi connectivity index (χ2n) is 6.64. The first-order chi connectivity index (χ1) is 9.43. The van der Waals surface area contributed by atoms with Gasteiger partial charge < -0.3 is 15.2 Å². The van der Waals surface area contributed by atoms with Crippen molar-refractivity contribution >= 4 is 0 Å². The van der Waals surface area contributed by atoms with E-state index in [1.165, 1.54) is 5.56 Å². The summed E-state index contributed by atoms with van der Waals surface area (Å²) in [6.45, 7) is 9.46. The summed E-state index contributed by atoms with van der Waals surface area (Å²) in [7, 11) is 0. The molecule has 0 spiro atoms. The molecule has 0 aromatic heterocycles. The van der Waals surface area contributed by atoms with Crippen molar-refractivity contribution in [3.8, 4) is 5.75 Å².